The summed E-state index contributed by atoms with van der Waals surface area (Å²) in [5.74, 6) is 1.02. The number of rotatable bonds is 5. The molecule has 34 heavy (non-hydrogen) atoms. The van der Waals surface area contributed by atoms with Gasteiger partial charge in [0, 0.05) is 38.6 Å². The summed E-state index contributed by atoms with van der Waals surface area (Å²) in [7, 11) is 1.99. The first-order chi connectivity index (χ1) is 16.4. The second kappa shape index (κ2) is 10.2. The van der Waals surface area contributed by atoms with Gasteiger partial charge in [-0.2, -0.15) is 5.26 Å². The molecule has 9 nitrogen and oxygen atoms in total. The van der Waals surface area contributed by atoms with Gasteiger partial charge in [-0.15, -0.1) is 0 Å². The molecule has 2 aromatic heterocycles. The number of nitrogens with two attached hydrogens (primary N) is 1. The molecule has 3 heterocycles. The lowest BCUT2D eigenvalue weighted by atomic mass is 9.92. The molecular weight excluding hydrogens is 448 g/mol. The van der Waals surface area contributed by atoms with Crippen LogP contribution in [-0.2, 0) is 11.3 Å². The van der Waals surface area contributed by atoms with E-state index in [2.05, 4.69) is 27.1 Å². The molecule has 10 heteroatoms. The minimum absolute atomic E-state index is 0.0731. The monoisotopic (exact) mass is 476 g/mol. The lowest BCUT2D eigenvalue weighted by molar-refractivity contribution is -0.131. The van der Waals surface area contributed by atoms with Crippen LogP contribution < -0.4 is 16.0 Å². The molecule has 2 atom stereocenters. The van der Waals surface area contributed by atoms with Gasteiger partial charge in [-0.1, -0.05) is 19.1 Å². The Balaban J connectivity index is 1.57. The van der Waals surface area contributed by atoms with Gasteiger partial charge in [0.25, 0.3) is 0 Å². The van der Waals surface area contributed by atoms with Crippen LogP contribution >= 0.6 is 12.2 Å². The van der Waals surface area contributed by atoms with Crippen molar-refractivity contribution in [1.82, 2.24) is 19.4 Å². The number of carbonyl (C=O) groups is 1. The van der Waals surface area contributed by atoms with Crippen molar-refractivity contribution >= 4 is 45.8 Å². The number of anilines is 2. The molecule has 1 fully saturated rings. The number of nitriles is 1. The smallest absolute Gasteiger partial charge is 0.236 e. The number of hydrogen-bond acceptors (Lipinski definition) is 7. The van der Waals surface area contributed by atoms with Gasteiger partial charge in [-0.3, -0.25) is 9.36 Å². The summed E-state index contributed by atoms with van der Waals surface area (Å²) < 4.78 is 1.83. The molecule has 1 aromatic carbocycles. The number of nitrogens with one attached hydrogen (secondary N) is 1. The molecule has 0 aliphatic carbocycles. The van der Waals surface area contributed by atoms with Crippen molar-refractivity contribution in [2.45, 2.75) is 32.4 Å². The number of piperidine rings is 1. The Morgan fingerprint density at radius 1 is 1.32 bits per heavy atom. The number of aromatic nitrogens is 3. The van der Waals surface area contributed by atoms with E-state index in [-0.39, 0.29) is 18.4 Å². The number of likely N-dealkylation sites (tertiary alicyclic amines) is 1. The van der Waals surface area contributed by atoms with E-state index in [9.17, 15) is 4.79 Å². The normalized spacial score (nSPS) is 17.9. The number of nitrogens with zero attached hydrogens (tertiary/aromatic N) is 6. The third-order valence-electron chi connectivity index (χ3n) is 6.45. The predicted octanol–water partition coefficient (Wildman–Crippen LogP) is 2.72. The predicted molar refractivity (Wildman–Crippen MR) is 136 cm³/mol. The first-order valence-corrected chi connectivity index (χ1v) is 11.6. The third kappa shape index (κ3) is 4.71. The fourth-order valence-corrected chi connectivity index (χ4v) is 4.67. The van der Waals surface area contributed by atoms with Gasteiger partial charge >= 0.3 is 0 Å². The van der Waals surface area contributed by atoms with Crippen molar-refractivity contribution in [2.75, 3.05) is 30.4 Å². The van der Waals surface area contributed by atoms with Gasteiger partial charge in [0.2, 0.25) is 5.91 Å². The largest absolute Gasteiger partial charge is 0.354 e. The van der Waals surface area contributed by atoms with Crippen molar-refractivity contribution in [1.29, 1.82) is 5.26 Å². The maximum Gasteiger partial charge on any atom is 0.236 e. The standard InChI is InChI=1S/C24H28N8OS/c1-16-8-11-31(21(33)7-10-25)14-20(16)30(2)22-19-9-12-32(23(19)28-15-27-22)24(34)29-18-5-3-17(13-26)4-6-18/h3-6,9,12,15-16,20H,7-8,11,13-14,26H2,1-2H3,(H,29,34)/t16-,20+/m1/s1. The third-order valence-corrected chi connectivity index (χ3v) is 6.75. The molecule has 0 bridgehead atoms. The zero-order valence-electron chi connectivity index (χ0n) is 19.3. The first kappa shape index (κ1) is 23.6. The van der Waals surface area contributed by atoms with Crippen LogP contribution in [0.1, 0.15) is 25.3 Å². The van der Waals surface area contributed by atoms with Crippen LogP contribution in [0.25, 0.3) is 11.0 Å². The summed E-state index contributed by atoms with van der Waals surface area (Å²) in [6.07, 6.45) is 4.20. The van der Waals surface area contributed by atoms with Crippen molar-refractivity contribution in [2.24, 2.45) is 11.7 Å². The fourth-order valence-electron chi connectivity index (χ4n) is 4.41. The van der Waals surface area contributed by atoms with Gasteiger partial charge in [-0.05, 0) is 48.3 Å². The first-order valence-electron chi connectivity index (χ1n) is 11.2. The molecule has 1 aliphatic heterocycles. The molecule has 0 radical (unpaired) electrons. The lowest BCUT2D eigenvalue weighted by Gasteiger charge is -2.42. The minimum Gasteiger partial charge on any atom is -0.354 e. The van der Waals surface area contributed by atoms with Gasteiger partial charge in [0.05, 0.1) is 17.5 Å². The molecule has 1 amide bonds. The van der Waals surface area contributed by atoms with E-state index in [1.807, 2.05) is 54.2 Å². The van der Waals surface area contributed by atoms with Crippen molar-refractivity contribution < 1.29 is 4.79 Å². The number of benzene rings is 1. The highest BCUT2D eigenvalue weighted by atomic mass is 32.1. The minimum atomic E-state index is -0.122. The van der Waals surface area contributed by atoms with E-state index in [0.717, 1.165) is 28.9 Å². The Morgan fingerprint density at radius 2 is 2.09 bits per heavy atom. The highest BCUT2D eigenvalue weighted by Gasteiger charge is 2.32. The highest BCUT2D eigenvalue weighted by molar-refractivity contribution is 7.80. The molecule has 0 spiro atoms. The van der Waals surface area contributed by atoms with E-state index in [1.165, 1.54) is 6.33 Å². The molecule has 176 valence electrons. The molecule has 3 N–H and O–H groups in total. The van der Waals surface area contributed by atoms with Crippen LogP contribution in [0.15, 0.2) is 42.9 Å². The Hall–Kier alpha value is -3.55. The molecular formula is C24H28N8OS. The summed E-state index contributed by atoms with van der Waals surface area (Å²) in [6, 6.07) is 11.8. The molecule has 1 aliphatic rings. The summed E-state index contributed by atoms with van der Waals surface area (Å²) in [4.78, 5) is 25.3. The van der Waals surface area contributed by atoms with Crippen LogP contribution in [0, 0.1) is 17.2 Å². The number of hydrogen-bond donors (Lipinski definition) is 2. The summed E-state index contributed by atoms with van der Waals surface area (Å²) in [5.41, 5.74) is 8.30. The molecule has 3 aromatic rings. The summed E-state index contributed by atoms with van der Waals surface area (Å²) in [6.45, 7) is 3.91. The fraction of sp³-hybridized carbons (Fsp3) is 0.375. The van der Waals surface area contributed by atoms with E-state index >= 15 is 0 Å². The van der Waals surface area contributed by atoms with Crippen molar-refractivity contribution in [3.05, 3.63) is 48.4 Å². The average Bonchev–Trinajstić information content (AvgIpc) is 3.29. The van der Waals surface area contributed by atoms with Crippen LogP contribution in [0.3, 0.4) is 0 Å². The molecule has 1 saturated heterocycles. The van der Waals surface area contributed by atoms with Crippen LogP contribution in [0.2, 0.25) is 0 Å². The van der Waals surface area contributed by atoms with E-state index in [1.54, 1.807) is 4.90 Å². The Morgan fingerprint density at radius 3 is 2.79 bits per heavy atom. The second-order valence-corrected chi connectivity index (χ2v) is 8.96. The lowest BCUT2D eigenvalue weighted by Crippen LogP contribution is -2.52. The van der Waals surface area contributed by atoms with Crippen molar-refractivity contribution in [3.8, 4) is 6.07 Å². The number of amides is 1. The SMILES string of the molecule is C[C@@H]1CCN(C(=O)CC#N)C[C@@H]1N(C)c1ncnc2c1ccn2C(=S)Nc1ccc(CN)cc1. The van der Waals surface area contributed by atoms with Gasteiger partial charge in [0.1, 0.15) is 18.6 Å². The maximum atomic E-state index is 12.3. The van der Waals surface area contributed by atoms with E-state index in [4.69, 9.17) is 23.2 Å². The quantitative estimate of drug-likeness (QED) is 0.540. The average molecular weight is 477 g/mol. The van der Waals surface area contributed by atoms with Crippen LogP contribution in [0.5, 0.6) is 0 Å². The van der Waals surface area contributed by atoms with Crippen LogP contribution in [-0.4, -0.2) is 56.6 Å². The number of fused-ring (bicyclic) bond motifs is 1. The number of carbonyl (C=O) groups excluding carboxylic acids is 1. The van der Waals surface area contributed by atoms with E-state index in [0.29, 0.717) is 36.3 Å². The molecule has 4 rings (SSSR count). The number of thiocarbonyl (C=S) groups is 1. The molecule has 0 unspecified atom stereocenters. The zero-order valence-corrected chi connectivity index (χ0v) is 20.1. The zero-order chi connectivity index (χ0) is 24.2. The summed E-state index contributed by atoms with van der Waals surface area (Å²) >= 11 is 5.65. The Kier molecular flexibility index (Phi) is 7.05. The van der Waals surface area contributed by atoms with Gasteiger partial charge in [-0.25, -0.2) is 9.97 Å². The second-order valence-electron chi connectivity index (χ2n) is 8.57. The summed E-state index contributed by atoms with van der Waals surface area (Å²) in [5, 5.41) is 13.5. The maximum absolute atomic E-state index is 12.3. The topological polar surface area (TPSA) is 116 Å². The Bertz CT molecular complexity index is 1230. The molecule has 0 saturated carbocycles. The Labute approximate surface area is 204 Å². The van der Waals surface area contributed by atoms with Crippen molar-refractivity contribution in [3.63, 3.8) is 0 Å². The van der Waals surface area contributed by atoms with Gasteiger partial charge in [0.15, 0.2) is 10.8 Å². The van der Waals surface area contributed by atoms with Gasteiger partial charge < -0.3 is 20.9 Å². The number of likely N-dealkylation sites (N-methyl/N-ethyl adjacent to an activating group) is 1. The van der Waals surface area contributed by atoms with Crippen LogP contribution in [0.4, 0.5) is 11.5 Å². The van der Waals surface area contributed by atoms with E-state index < -0.39 is 0 Å². The highest BCUT2D eigenvalue weighted by Crippen LogP contribution is 2.29.